The van der Waals surface area contributed by atoms with Gasteiger partial charge < -0.3 is 10.2 Å². The van der Waals surface area contributed by atoms with Gasteiger partial charge in [-0.2, -0.15) is 0 Å². The topological polar surface area (TPSA) is 60.5 Å². The van der Waals surface area contributed by atoms with Crippen molar-refractivity contribution in [2.24, 2.45) is 0 Å². The number of ketones is 1. The number of nitrogens with zero attached hydrogens (tertiary/aromatic N) is 1. The minimum Gasteiger partial charge on any atom is -0.504 e. The van der Waals surface area contributed by atoms with Crippen LogP contribution in [0.25, 0.3) is 0 Å². The average Bonchev–Trinajstić information content (AvgIpc) is 3.18. The molecule has 1 aromatic carbocycles. The van der Waals surface area contributed by atoms with E-state index < -0.39 is 0 Å². The quantitative estimate of drug-likeness (QED) is 0.291. The number of aromatic hydroxyl groups is 2. The molecule has 7 heteroatoms. The summed E-state index contributed by atoms with van der Waals surface area (Å²) in [6, 6.07) is 6.34. The Balaban J connectivity index is 1.66. The van der Waals surface area contributed by atoms with Crippen molar-refractivity contribution in [3.8, 4) is 11.5 Å². The predicted octanol–water partition coefficient (Wildman–Crippen LogP) is 2.76. The Hall–Kier alpha value is -1.31. The summed E-state index contributed by atoms with van der Waals surface area (Å²) in [6.07, 6.45) is 2.52. The highest BCUT2D eigenvalue weighted by Gasteiger charge is 2.16. The molecular weight excluding hydrogens is 338 g/mol. The van der Waals surface area contributed by atoms with E-state index in [4.69, 9.17) is 0 Å². The zero-order valence-corrected chi connectivity index (χ0v) is 14.3. The lowest BCUT2D eigenvalue weighted by molar-refractivity contribution is 0.102. The number of carbonyl (C=O) groups excluding carboxylic acids is 1. The fourth-order valence-electron chi connectivity index (χ4n) is 2.30. The van der Waals surface area contributed by atoms with Gasteiger partial charge in [-0.05, 0) is 28.5 Å². The van der Waals surface area contributed by atoms with Gasteiger partial charge in [0.2, 0.25) is 0 Å². The first kappa shape index (κ1) is 15.6. The molecule has 3 rings (SSSR count). The zero-order valence-electron chi connectivity index (χ0n) is 11.8. The van der Waals surface area contributed by atoms with Crippen molar-refractivity contribution in [2.75, 3.05) is 18.8 Å². The fourth-order valence-corrected chi connectivity index (χ4v) is 6.08. The molecule has 1 saturated heterocycles. The van der Waals surface area contributed by atoms with Gasteiger partial charge in [0.15, 0.2) is 17.3 Å². The van der Waals surface area contributed by atoms with Gasteiger partial charge in [-0.3, -0.25) is 4.79 Å². The zero-order chi connectivity index (χ0) is 15.5. The number of thioether (sulfide) groups is 1. The Morgan fingerprint density at radius 3 is 2.64 bits per heavy atom. The highest BCUT2D eigenvalue weighted by Crippen LogP contribution is 2.28. The van der Waals surface area contributed by atoms with E-state index in [1.807, 2.05) is 0 Å². The summed E-state index contributed by atoms with van der Waals surface area (Å²) in [5.74, 6) is -0.192. The van der Waals surface area contributed by atoms with E-state index in [0.29, 0.717) is 11.3 Å². The van der Waals surface area contributed by atoms with Crippen molar-refractivity contribution in [1.82, 2.24) is 4.58 Å². The highest BCUT2D eigenvalue weighted by atomic mass is 32.9. The van der Waals surface area contributed by atoms with E-state index in [1.54, 1.807) is 20.7 Å². The van der Waals surface area contributed by atoms with Crippen LogP contribution in [0.15, 0.2) is 28.5 Å². The molecule has 0 unspecified atom stereocenters. The van der Waals surface area contributed by atoms with Gasteiger partial charge in [-0.15, -0.1) is 11.8 Å². The Labute approximate surface area is 139 Å². The van der Waals surface area contributed by atoms with Crippen LogP contribution >= 0.6 is 32.4 Å². The van der Waals surface area contributed by atoms with Crippen LogP contribution < -0.4 is 9.25 Å². The van der Waals surface area contributed by atoms with Gasteiger partial charge in [0.05, 0.1) is 9.96 Å². The molecule has 0 saturated carbocycles. The Kier molecular flexibility index (Phi) is 4.85. The first-order valence-electron chi connectivity index (χ1n) is 6.99. The average molecular weight is 354 g/mol. The van der Waals surface area contributed by atoms with Crippen LogP contribution in [0.4, 0.5) is 0 Å². The first-order chi connectivity index (χ1) is 10.6. The lowest BCUT2D eigenvalue weighted by Gasteiger charge is -2.02. The molecule has 1 aromatic heterocycles. The number of phenols is 2. The summed E-state index contributed by atoms with van der Waals surface area (Å²) in [4.78, 5) is 12.1. The highest BCUT2D eigenvalue weighted by molar-refractivity contribution is 8.03. The molecule has 0 radical (unpaired) electrons. The minimum absolute atomic E-state index is 0.0542. The number of benzene rings is 1. The van der Waals surface area contributed by atoms with Gasteiger partial charge >= 0.3 is 0 Å². The van der Waals surface area contributed by atoms with Crippen molar-refractivity contribution in [2.45, 2.75) is 17.1 Å². The second-order valence-electron chi connectivity index (χ2n) is 5.08. The van der Waals surface area contributed by atoms with Crippen molar-refractivity contribution < 1.29 is 15.0 Å². The van der Waals surface area contributed by atoms with Crippen molar-refractivity contribution in [1.29, 1.82) is 0 Å². The van der Waals surface area contributed by atoms with E-state index in [2.05, 4.69) is 10.6 Å². The molecule has 1 fully saturated rings. The third-order valence-corrected chi connectivity index (χ3v) is 7.45. The third kappa shape index (κ3) is 3.53. The van der Waals surface area contributed by atoms with E-state index in [0.717, 1.165) is 17.3 Å². The second kappa shape index (κ2) is 6.85. The standard InChI is InChI=1S/C15H15NO3S3/c17-11-4-3-10(7-12(11)18)13(19)9-20-15-8-14(21-22-15)16-5-1-2-6-16/h3-4,7-8H,1-2,5-6,9H2,(H-,17,18,19)/p+1. The normalized spacial score (nSPS) is 14.5. The smallest absolute Gasteiger partial charge is 0.268 e. The Bertz CT molecular complexity index is 755. The molecule has 116 valence electrons. The van der Waals surface area contributed by atoms with Crippen molar-refractivity contribution in [3.05, 3.63) is 34.5 Å². The number of rotatable bonds is 4. The number of phenolic OH excluding ortho intramolecular Hbond substituents is 2. The molecule has 0 aliphatic carbocycles. The maximum Gasteiger partial charge on any atom is 0.268 e. The molecule has 0 spiro atoms. The van der Waals surface area contributed by atoms with E-state index >= 15 is 0 Å². The van der Waals surface area contributed by atoms with Gasteiger partial charge in [-0.1, -0.05) is 10.3 Å². The van der Waals surface area contributed by atoms with E-state index in [-0.39, 0.29) is 17.3 Å². The van der Waals surface area contributed by atoms with E-state index in [1.165, 1.54) is 47.5 Å². The Morgan fingerprint density at radius 2 is 1.91 bits per heavy atom. The predicted molar refractivity (Wildman–Crippen MR) is 91.3 cm³/mol. The van der Waals surface area contributed by atoms with Gasteiger partial charge in [0.1, 0.15) is 13.1 Å². The monoisotopic (exact) mass is 354 g/mol. The van der Waals surface area contributed by atoms with E-state index in [9.17, 15) is 15.0 Å². The van der Waals surface area contributed by atoms with Crippen LogP contribution in [0.3, 0.4) is 0 Å². The molecule has 4 nitrogen and oxygen atoms in total. The summed E-state index contributed by atoms with van der Waals surface area (Å²) in [5.41, 5.74) is 0.419. The molecule has 2 aromatic rings. The number of hydrogen-bond acceptors (Lipinski definition) is 6. The van der Waals surface area contributed by atoms with Gasteiger partial charge in [-0.25, -0.2) is 4.58 Å². The molecule has 0 amide bonds. The van der Waals surface area contributed by atoms with Crippen LogP contribution in [0, 0.1) is 0 Å². The molecular formula is C15H16NO3S3+. The fraction of sp³-hybridized carbons (Fsp3) is 0.333. The molecule has 1 aliphatic heterocycles. The largest absolute Gasteiger partial charge is 0.504 e. The molecule has 2 heterocycles. The maximum atomic E-state index is 12.1. The summed E-state index contributed by atoms with van der Waals surface area (Å²) < 4.78 is 4.83. The molecule has 0 bridgehead atoms. The van der Waals surface area contributed by atoms with Gasteiger partial charge in [0.25, 0.3) is 4.67 Å². The lowest BCUT2D eigenvalue weighted by Crippen LogP contribution is -2.23. The molecule has 1 aliphatic rings. The number of carbonyl (C=O) groups is 1. The molecule has 22 heavy (non-hydrogen) atoms. The summed E-state index contributed by atoms with van der Waals surface area (Å²) in [6.45, 7) is 2.26. The van der Waals surface area contributed by atoms with Crippen molar-refractivity contribution >= 4 is 38.2 Å². The third-order valence-electron chi connectivity index (χ3n) is 3.51. The summed E-state index contributed by atoms with van der Waals surface area (Å²) >= 11 is 1.52. The van der Waals surface area contributed by atoms with Crippen molar-refractivity contribution in [3.63, 3.8) is 0 Å². The number of Topliss-reactive ketones (excluding diaryl/α,β-unsaturated/α-hetero) is 1. The van der Waals surface area contributed by atoms with Crippen LogP contribution in [-0.2, 0) is 0 Å². The summed E-state index contributed by atoms with van der Waals surface area (Å²) in [5, 5.41) is 18.7. The van der Waals surface area contributed by atoms with Crippen LogP contribution in [0.5, 0.6) is 11.5 Å². The molecule has 0 atom stereocenters. The maximum absolute atomic E-state index is 12.1. The lowest BCUT2D eigenvalue weighted by atomic mass is 10.1. The number of hydrogen-bond donors (Lipinski definition) is 2. The minimum atomic E-state index is -0.259. The van der Waals surface area contributed by atoms with Gasteiger partial charge in [0, 0.05) is 24.5 Å². The summed E-state index contributed by atoms with van der Waals surface area (Å²) in [7, 11) is 3.46. The van der Waals surface area contributed by atoms with Crippen LogP contribution in [0.1, 0.15) is 23.2 Å². The van der Waals surface area contributed by atoms with Crippen LogP contribution in [-0.4, -0.2) is 34.8 Å². The van der Waals surface area contributed by atoms with Crippen LogP contribution in [0.2, 0.25) is 0 Å². The second-order valence-corrected chi connectivity index (χ2v) is 8.54. The SMILES string of the molecule is O=C(CSc1cc(=[N+]2CCCC2)ss1)c1ccc(O)c(O)c1. The molecule has 2 N–H and O–H groups in total. The Morgan fingerprint density at radius 1 is 1.14 bits per heavy atom. The first-order valence-corrected chi connectivity index (χ1v) is 10.1.